The van der Waals surface area contributed by atoms with Crippen molar-refractivity contribution in [1.82, 2.24) is 4.90 Å². The van der Waals surface area contributed by atoms with Crippen LogP contribution in [0.1, 0.15) is 25.7 Å². The van der Waals surface area contributed by atoms with Crippen molar-refractivity contribution in [3.63, 3.8) is 0 Å². The predicted octanol–water partition coefficient (Wildman–Crippen LogP) is 1.29. The van der Waals surface area contributed by atoms with Crippen LogP contribution < -0.4 is 0 Å². The summed E-state index contributed by atoms with van der Waals surface area (Å²) in [5, 5.41) is 8.60. The van der Waals surface area contributed by atoms with Gasteiger partial charge in [0.05, 0.1) is 5.54 Å². The lowest BCUT2D eigenvalue weighted by Gasteiger charge is -2.04. The van der Waals surface area contributed by atoms with Crippen LogP contribution in [0.2, 0.25) is 0 Å². The van der Waals surface area contributed by atoms with Crippen LogP contribution in [0.15, 0.2) is 0 Å². The molecule has 0 bridgehead atoms. The van der Waals surface area contributed by atoms with E-state index in [0.29, 0.717) is 0 Å². The molecule has 2 rings (SSSR count). The van der Waals surface area contributed by atoms with Crippen molar-refractivity contribution >= 4 is 6.09 Å². The molecule has 0 unspecified atom stereocenters. The molecule has 1 saturated carbocycles. The number of carbonyl (C=O) groups is 1. The van der Waals surface area contributed by atoms with Gasteiger partial charge in [-0.2, -0.15) is 0 Å². The Hall–Kier alpha value is -0.730. The molecule has 0 aromatic carbocycles. The quantitative estimate of drug-likeness (QED) is 0.516. The zero-order chi connectivity index (χ0) is 7.19. The Balaban J connectivity index is 2.04. The Morgan fingerprint density at radius 1 is 1.40 bits per heavy atom. The lowest BCUT2D eigenvalue weighted by molar-refractivity contribution is 0.170. The van der Waals surface area contributed by atoms with Crippen molar-refractivity contribution in [2.75, 3.05) is 6.54 Å². The Kier molecular flexibility index (Phi) is 0.993. The number of hydrogen-bond donors (Lipinski definition) is 1. The summed E-state index contributed by atoms with van der Waals surface area (Å²) in [6.45, 7) is 0.794. The fourth-order valence-corrected chi connectivity index (χ4v) is 1.99. The minimum atomic E-state index is -0.734. The van der Waals surface area contributed by atoms with Gasteiger partial charge < -0.3 is 5.11 Å². The van der Waals surface area contributed by atoms with E-state index in [1.54, 1.807) is 4.90 Å². The molecular formula is C7H11NO2. The van der Waals surface area contributed by atoms with Gasteiger partial charge in [0.1, 0.15) is 0 Å². The first-order chi connectivity index (χ1) is 4.75. The van der Waals surface area contributed by atoms with E-state index in [-0.39, 0.29) is 5.54 Å². The largest absolute Gasteiger partial charge is 0.465 e. The Labute approximate surface area is 59.6 Å². The Bertz CT molecular complexity index is 172. The maximum absolute atomic E-state index is 10.4. The number of hydrogen-bond acceptors (Lipinski definition) is 1. The third-order valence-corrected chi connectivity index (χ3v) is 2.69. The second-order valence-electron chi connectivity index (χ2n) is 3.30. The van der Waals surface area contributed by atoms with Crippen LogP contribution in [0.4, 0.5) is 4.79 Å². The van der Waals surface area contributed by atoms with Gasteiger partial charge in [-0.3, -0.25) is 4.90 Å². The third-order valence-electron chi connectivity index (χ3n) is 2.69. The molecule has 2 fully saturated rings. The molecule has 0 aromatic heterocycles. The summed E-state index contributed by atoms with van der Waals surface area (Å²) in [4.78, 5) is 12.0. The van der Waals surface area contributed by atoms with Crippen molar-refractivity contribution < 1.29 is 9.90 Å². The summed E-state index contributed by atoms with van der Waals surface area (Å²) in [5.41, 5.74) is 0.117. The van der Waals surface area contributed by atoms with Crippen molar-refractivity contribution in [2.24, 2.45) is 0 Å². The van der Waals surface area contributed by atoms with Crippen molar-refractivity contribution in [2.45, 2.75) is 31.2 Å². The van der Waals surface area contributed by atoms with E-state index in [2.05, 4.69) is 0 Å². The van der Waals surface area contributed by atoms with Gasteiger partial charge in [0.2, 0.25) is 0 Å². The molecule has 1 N–H and O–H groups in total. The van der Waals surface area contributed by atoms with Gasteiger partial charge in [-0.15, -0.1) is 0 Å². The zero-order valence-electron chi connectivity index (χ0n) is 5.84. The first-order valence-electron chi connectivity index (χ1n) is 3.75. The van der Waals surface area contributed by atoms with Gasteiger partial charge >= 0.3 is 6.09 Å². The predicted molar refractivity (Wildman–Crippen MR) is 35.9 cm³/mol. The molecule has 1 aliphatic carbocycles. The summed E-state index contributed by atoms with van der Waals surface area (Å²) in [7, 11) is 0. The van der Waals surface area contributed by atoms with Gasteiger partial charge in [0.15, 0.2) is 0 Å². The molecule has 1 saturated heterocycles. The van der Waals surface area contributed by atoms with E-state index in [0.717, 1.165) is 19.4 Å². The molecule has 0 atom stereocenters. The summed E-state index contributed by atoms with van der Waals surface area (Å²) >= 11 is 0. The molecule has 3 nitrogen and oxygen atoms in total. The van der Waals surface area contributed by atoms with Crippen LogP contribution in [0, 0.1) is 0 Å². The highest BCUT2D eigenvalue weighted by Crippen LogP contribution is 2.46. The number of amides is 1. The SMILES string of the molecule is O=C(O)N1CC12CCCC2. The maximum atomic E-state index is 10.4. The Morgan fingerprint density at radius 2 is 2.00 bits per heavy atom. The van der Waals surface area contributed by atoms with E-state index in [9.17, 15) is 4.79 Å². The molecule has 3 heteroatoms. The van der Waals surface area contributed by atoms with Crippen LogP contribution >= 0.6 is 0 Å². The fourth-order valence-electron chi connectivity index (χ4n) is 1.99. The summed E-state index contributed by atoms with van der Waals surface area (Å²) in [5.74, 6) is 0. The minimum Gasteiger partial charge on any atom is -0.465 e. The zero-order valence-corrected chi connectivity index (χ0v) is 5.84. The van der Waals surface area contributed by atoms with Gasteiger partial charge in [-0.1, -0.05) is 12.8 Å². The number of nitrogens with zero attached hydrogens (tertiary/aromatic N) is 1. The maximum Gasteiger partial charge on any atom is 0.407 e. The molecule has 0 radical (unpaired) electrons. The van der Waals surface area contributed by atoms with Crippen LogP contribution in [0.3, 0.4) is 0 Å². The lowest BCUT2D eigenvalue weighted by atomic mass is 10.1. The van der Waals surface area contributed by atoms with E-state index in [1.807, 2.05) is 0 Å². The average Bonchev–Trinajstić information content (AvgIpc) is 2.32. The lowest BCUT2D eigenvalue weighted by Crippen LogP contribution is -2.18. The molecule has 2 aliphatic rings. The van der Waals surface area contributed by atoms with E-state index in [4.69, 9.17) is 5.11 Å². The summed E-state index contributed by atoms with van der Waals surface area (Å²) in [6, 6.07) is 0. The number of carboxylic acid groups (broad SMARTS) is 1. The minimum absolute atomic E-state index is 0.117. The van der Waals surface area contributed by atoms with Crippen LogP contribution in [0.25, 0.3) is 0 Å². The van der Waals surface area contributed by atoms with Crippen LogP contribution in [-0.2, 0) is 0 Å². The highest BCUT2D eigenvalue weighted by Gasteiger charge is 2.56. The average molecular weight is 141 g/mol. The molecule has 1 amide bonds. The molecule has 1 spiro atoms. The van der Waals surface area contributed by atoms with E-state index in [1.165, 1.54) is 12.8 Å². The molecule has 10 heavy (non-hydrogen) atoms. The van der Waals surface area contributed by atoms with E-state index < -0.39 is 6.09 Å². The summed E-state index contributed by atoms with van der Waals surface area (Å²) in [6.07, 6.45) is 3.88. The van der Waals surface area contributed by atoms with Gasteiger partial charge in [0, 0.05) is 6.54 Å². The molecule has 1 heterocycles. The van der Waals surface area contributed by atoms with Crippen LogP contribution in [-0.4, -0.2) is 28.2 Å². The molecule has 0 aromatic rings. The normalized spacial score (nSPS) is 27.4. The van der Waals surface area contributed by atoms with Crippen molar-refractivity contribution in [3.8, 4) is 0 Å². The molecule has 56 valence electrons. The molecule has 1 aliphatic heterocycles. The standard InChI is InChI=1S/C7H11NO2/c9-6(10)8-5-7(8)3-1-2-4-7/h1-5H2,(H,9,10). The topological polar surface area (TPSA) is 40.3 Å². The second kappa shape index (κ2) is 1.65. The first-order valence-corrected chi connectivity index (χ1v) is 3.75. The first kappa shape index (κ1) is 6.01. The second-order valence-corrected chi connectivity index (χ2v) is 3.30. The van der Waals surface area contributed by atoms with Crippen molar-refractivity contribution in [1.29, 1.82) is 0 Å². The van der Waals surface area contributed by atoms with Gasteiger partial charge in [-0.25, -0.2) is 4.79 Å². The highest BCUT2D eigenvalue weighted by atomic mass is 16.4. The smallest absolute Gasteiger partial charge is 0.407 e. The fraction of sp³-hybridized carbons (Fsp3) is 0.857. The Morgan fingerprint density at radius 3 is 2.40 bits per heavy atom. The van der Waals surface area contributed by atoms with E-state index >= 15 is 0 Å². The summed E-state index contributed by atoms with van der Waals surface area (Å²) < 4.78 is 0. The van der Waals surface area contributed by atoms with Crippen LogP contribution in [0.5, 0.6) is 0 Å². The number of rotatable bonds is 0. The highest BCUT2D eigenvalue weighted by molar-refractivity contribution is 5.70. The van der Waals surface area contributed by atoms with Gasteiger partial charge in [-0.05, 0) is 12.8 Å². The monoisotopic (exact) mass is 141 g/mol. The van der Waals surface area contributed by atoms with Crippen molar-refractivity contribution in [3.05, 3.63) is 0 Å². The molecular weight excluding hydrogens is 130 g/mol. The third kappa shape index (κ3) is 0.632. The van der Waals surface area contributed by atoms with Gasteiger partial charge in [0.25, 0.3) is 0 Å².